The van der Waals surface area contributed by atoms with Crippen molar-refractivity contribution in [3.63, 3.8) is 0 Å². The van der Waals surface area contributed by atoms with Gasteiger partial charge in [-0.15, -0.1) is 0 Å². The number of nitrogens with one attached hydrogen (secondary N) is 2. The quantitative estimate of drug-likeness (QED) is 0.525. The van der Waals surface area contributed by atoms with Gasteiger partial charge in [-0.1, -0.05) is 35.9 Å². The molecule has 0 spiro atoms. The van der Waals surface area contributed by atoms with Crippen molar-refractivity contribution in [1.29, 1.82) is 0 Å². The fraction of sp³-hybridized carbons (Fsp3) is 0.0870. The van der Waals surface area contributed by atoms with Gasteiger partial charge in [0.05, 0.1) is 11.4 Å². The first-order valence-corrected chi connectivity index (χ1v) is 9.42. The molecule has 0 aliphatic rings. The van der Waals surface area contributed by atoms with Gasteiger partial charge in [0, 0.05) is 18.0 Å². The Labute approximate surface area is 173 Å². The number of anilines is 2. The molecule has 4 rings (SSSR count). The second kappa shape index (κ2) is 8.48. The van der Waals surface area contributed by atoms with E-state index in [2.05, 4.69) is 15.6 Å². The molecule has 0 saturated heterocycles. The Balaban J connectivity index is 1.46. The standard InChI is InChI=1S/C23H20N4O3/c1-16-9-11-17(12-10-16)25-23(29)26-19-6-2-3-7-20(19)30-15-18-14-22(28)27-13-5-4-8-21(27)24-18/h2-14H,15H2,1H3,(H2,25,26,29). The largest absolute Gasteiger partial charge is 0.485 e. The van der Waals surface area contributed by atoms with Crippen molar-refractivity contribution in [3.05, 3.63) is 101 Å². The van der Waals surface area contributed by atoms with Crippen LogP contribution in [-0.4, -0.2) is 15.4 Å². The summed E-state index contributed by atoms with van der Waals surface area (Å²) in [6.45, 7) is 2.08. The Bertz CT molecular complexity index is 1250. The van der Waals surface area contributed by atoms with Crippen molar-refractivity contribution < 1.29 is 9.53 Å². The summed E-state index contributed by atoms with van der Waals surface area (Å²) >= 11 is 0. The highest BCUT2D eigenvalue weighted by molar-refractivity contribution is 6.00. The number of aromatic nitrogens is 2. The monoisotopic (exact) mass is 400 g/mol. The van der Waals surface area contributed by atoms with Gasteiger partial charge < -0.3 is 15.4 Å². The van der Waals surface area contributed by atoms with Crippen molar-refractivity contribution in [1.82, 2.24) is 9.38 Å². The molecule has 150 valence electrons. The molecule has 0 unspecified atom stereocenters. The number of pyridine rings is 1. The first-order valence-electron chi connectivity index (χ1n) is 9.42. The Morgan fingerprint density at radius 3 is 2.60 bits per heavy atom. The SMILES string of the molecule is Cc1ccc(NC(=O)Nc2ccccc2OCc2cc(=O)n3ccccc3n2)cc1. The number of carbonyl (C=O) groups excluding carboxylic acids is 1. The molecule has 0 fully saturated rings. The summed E-state index contributed by atoms with van der Waals surface area (Å²) in [7, 11) is 0. The lowest BCUT2D eigenvalue weighted by atomic mass is 10.2. The zero-order chi connectivity index (χ0) is 20.9. The molecule has 2 N–H and O–H groups in total. The number of para-hydroxylation sites is 2. The lowest BCUT2D eigenvalue weighted by Crippen LogP contribution is -2.20. The van der Waals surface area contributed by atoms with Crippen LogP contribution in [0.3, 0.4) is 0 Å². The van der Waals surface area contributed by atoms with Crippen LogP contribution in [0.4, 0.5) is 16.2 Å². The van der Waals surface area contributed by atoms with Crippen LogP contribution in [0.1, 0.15) is 11.3 Å². The van der Waals surface area contributed by atoms with Gasteiger partial charge in [0.25, 0.3) is 5.56 Å². The number of ether oxygens (including phenoxy) is 1. The molecule has 0 saturated carbocycles. The number of amides is 2. The van der Waals surface area contributed by atoms with E-state index >= 15 is 0 Å². The Morgan fingerprint density at radius 2 is 1.77 bits per heavy atom. The first kappa shape index (κ1) is 19.2. The molecule has 4 aromatic rings. The first-order chi connectivity index (χ1) is 14.6. The van der Waals surface area contributed by atoms with E-state index in [-0.39, 0.29) is 18.2 Å². The van der Waals surface area contributed by atoms with E-state index in [0.29, 0.717) is 28.5 Å². The van der Waals surface area contributed by atoms with Crippen LogP contribution in [0.25, 0.3) is 5.65 Å². The van der Waals surface area contributed by atoms with Crippen LogP contribution in [0.2, 0.25) is 0 Å². The van der Waals surface area contributed by atoms with Gasteiger partial charge in [-0.2, -0.15) is 0 Å². The van der Waals surface area contributed by atoms with Crippen LogP contribution in [0.5, 0.6) is 5.75 Å². The minimum absolute atomic E-state index is 0.0961. The molecule has 0 bridgehead atoms. The van der Waals surface area contributed by atoms with Crippen molar-refractivity contribution in [2.75, 3.05) is 10.6 Å². The van der Waals surface area contributed by atoms with Crippen LogP contribution < -0.4 is 20.9 Å². The third-order valence-electron chi connectivity index (χ3n) is 4.44. The predicted molar refractivity (Wildman–Crippen MR) is 116 cm³/mol. The molecule has 2 aromatic carbocycles. The zero-order valence-corrected chi connectivity index (χ0v) is 16.3. The summed E-state index contributed by atoms with van der Waals surface area (Å²) in [6, 6.07) is 21.0. The number of hydrogen-bond acceptors (Lipinski definition) is 4. The van der Waals surface area contributed by atoms with Crippen LogP contribution in [0.15, 0.2) is 83.8 Å². The number of benzene rings is 2. The van der Waals surface area contributed by atoms with Crippen molar-refractivity contribution >= 4 is 23.1 Å². The lowest BCUT2D eigenvalue weighted by molar-refractivity contribution is 0.261. The normalized spacial score (nSPS) is 10.6. The van der Waals surface area contributed by atoms with Crippen molar-refractivity contribution in [2.45, 2.75) is 13.5 Å². The number of hydrogen-bond donors (Lipinski definition) is 2. The van der Waals surface area contributed by atoms with E-state index in [1.807, 2.05) is 37.3 Å². The molecular weight excluding hydrogens is 380 g/mol. The number of aryl methyl sites for hydroxylation is 1. The van der Waals surface area contributed by atoms with E-state index in [9.17, 15) is 9.59 Å². The highest BCUT2D eigenvalue weighted by Crippen LogP contribution is 2.25. The third-order valence-corrected chi connectivity index (χ3v) is 4.44. The van der Waals surface area contributed by atoms with Gasteiger partial charge in [-0.3, -0.25) is 9.20 Å². The van der Waals surface area contributed by atoms with E-state index in [1.54, 1.807) is 42.6 Å². The summed E-state index contributed by atoms with van der Waals surface area (Å²) in [4.78, 5) is 29.0. The molecule has 2 amide bonds. The van der Waals surface area contributed by atoms with E-state index in [0.717, 1.165) is 5.56 Å². The average molecular weight is 400 g/mol. The Morgan fingerprint density at radius 1 is 1.00 bits per heavy atom. The van der Waals surface area contributed by atoms with Gasteiger partial charge in [-0.25, -0.2) is 9.78 Å². The second-order valence-electron chi connectivity index (χ2n) is 6.74. The van der Waals surface area contributed by atoms with E-state index in [4.69, 9.17) is 4.74 Å². The van der Waals surface area contributed by atoms with Crippen molar-refractivity contribution in [3.8, 4) is 5.75 Å². The molecule has 2 aromatic heterocycles. The smallest absolute Gasteiger partial charge is 0.323 e. The van der Waals surface area contributed by atoms with Crippen molar-refractivity contribution in [2.24, 2.45) is 0 Å². The van der Waals surface area contributed by atoms with E-state index in [1.165, 1.54) is 10.5 Å². The Hall–Kier alpha value is -4.13. The van der Waals surface area contributed by atoms with Gasteiger partial charge in [-0.05, 0) is 43.3 Å². The lowest BCUT2D eigenvalue weighted by Gasteiger charge is -2.13. The molecule has 0 aliphatic heterocycles. The van der Waals surface area contributed by atoms with Gasteiger partial charge in [0.15, 0.2) is 0 Å². The minimum Gasteiger partial charge on any atom is -0.485 e. The van der Waals surface area contributed by atoms with Crippen LogP contribution in [0, 0.1) is 6.92 Å². The zero-order valence-electron chi connectivity index (χ0n) is 16.3. The van der Waals surface area contributed by atoms with Crippen LogP contribution in [-0.2, 0) is 6.61 Å². The fourth-order valence-corrected chi connectivity index (χ4v) is 2.95. The van der Waals surface area contributed by atoms with Gasteiger partial charge >= 0.3 is 6.03 Å². The summed E-state index contributed by atoms with van der Waals surface area (Å²) < 4.78 is 7.31. The highest BCUT2D eigenvalue weighted by Gasteiger charge is 2.09. The minimum atomic E-state index is -0.378. The molecule has 7 heteroatoms. The molecule has 0 atom stereocenters. The number of urea groups is 1. The number of carbonyl (C=O) groups is 1. The molecule has 0 aliphatic carbocycles. The molecule has 2 heterocycles. The number of rotatable bonds is 5. The molecule has 0 radical (unpaired) electrons. The molecule has 7 nitrogen and oxygen atoms in total. The molecular formula is C23H20N4O3. The van der Waals surface area contributed by atoms with Crippen LogP contribution >= 0.6 is 0 Å². The Kier molecular flexibility index (Phi) is 5.43. The summed E-state index contributed by atoms with van der Waals surface area (Å²) in [6.07, 6.45) is 1.67. The predicted octanol–water partition coefficient (Wildman–Crippen LogP) is 4.23. The number of nitrogens with zero attached hydrogens (tertiary/aromatic N) is 2. The summed E-state index contributed by atoms with van der Waals surface area (Å²) in [5, 5.41) is 5.57. The highest BCUT2D eigenvalue weighted by atomic mass is 16.5. The molecule has 30 heavy (non-hydrogen) atoms. The summed E-state index contributed by atoms with van der Waals surface area (Å²) in [5.74, 6) is 0.478. The average Bonchev–Trinajstić information content (AvgIpc) is 2.75. The summed E-state index contributed by atoms with van der Waals surface area (Å²) in [5.41, 5.74) is 3.19. The maximum Gasteiger partial charge on any atom is 0.323 e. The third kappa shape index (κ3) is 4.47. The topological polar surface area (TPSA) is 84.7 Å². The van der Waals surface area contributed by atoms with Gasteiger partial charge in [0.1, 0.15) is 18.0 Å². The maximum atomic E-state index is 12.4. The number of fused-ring (bicyclic) bond motifs is 1. The van der Waals surface area contributed by atoms with E-state index < -0.39 is 0 Å². The second-order valence-corrected chi connectivity index (χ2v) is 6.74. The fourth-order valence-electron chi connectivity index (χ4n) is 2.95. The maximum absolute atomic E-state index is 12.4. The van der Waals surface area contributed by atoms with Gasteiger partial charge in [0.2, 0.25) is 0 Å².